The summed E-state index contributed by atoms with van der Waals surface area (Å²) in [4.78, 5) is 21.4. The number of benzene rings is 1. The van der Waals surface area contributed by atoms with E-state index >= 15 is 0 Å². The van der Waals surface area contributed by atoms with E-state index in [0.717, 1.165) is 56.3 Å². The molecule has 0 unspecified atom stereocenters. The van der Waals surface area contributed by atoms with Gasteiger partial charge in [0.1, 0.15) is 5.75 Å². The van der Waals surface area contributed by atoms with E-state index in [9.17, 15) is 4.79 Å². The third-order valence-electron chi connectivity index (χ3n) is 5.43. The van der Waals surface area contributed by atoms with Crippen LogP contribution in [0.25, 0.3) is 0 Å². The highest BCUT2D eigenvalue weighted by atomic mass is 127. The fraction of sp³-hybridized carbons (Fsp3) is 0.636. The average molecular weight is 529 g/mol. The highest BCUT2D eigenvalue weighted by Crippen LogP contribution is 2.31. The Morgan fingerprint density at radius 2 is 1.97 bits per heavy atom. The molecule has 8 heteroatoms. The van der Waals surface area contributed by atoms with Crippen LogP contribution < -0.4 is 20.3 Å². The molecule has 1 saturated heterocycles. The topological polar surface area (TPSA) is 69.2 Å². The van der Waals surface area contributed by atoms with Crippen LogP contribution in [0, 0.1) is 0 Å². The molecule has 2 aliphatic heterocycles. The second-order valence-corrected chi connectivity index (χ2v) is 7.68. The minimum Gasteiger partial charge on any atom is -0.482 e. The number of likely N-dealkylation sites (tertiary alicyclic amines) is 1. The summed E-state index contributed by atoms with van der Waals surface area (Å²) in [5, 5.41) is 6.95. The maximum absolute atomic E-state index is 12.3. The van der Waals surface area contributed by atoms with E-state index in [1.165, 1.54) is 13.0 Å². The van der Waals surface area contributed by atoms with E-state index < -0.39 is 0 Å². The molecule has 7 nitrogen and oxygen atoms in total. The lowest BCUT2D eigenvalue weighted by Crippen LogP contribution is -2.48. The van der Waals surface area contributed by atoms with Crippen molar-refractivity contribution in [3.05, 3.63) is 24.3 Å². The Morgan fingerprint density at radius 1 is 1.20 bits per heavy atom. The van der Waals surface area contributed by atoms with Gasteiger partial charge in [0.25, 0.3) is 5.91 Å². The number of rotatable bonds is 8. The Labute approximate surface area is 197 Å². The molecular weight excluding hydrogens is 493 g/mol. The number of anilines is 1. The largest absolute Gasteiger partial charge is 0.482 e. The van der Waals surface area contributed by atoms with Gasteiger partial charge in [-0.05, 0) is 51.3 Å². The Balaban J connectivity index is 0.00000320. The molecule has 1 aromatic carbocycles. The number of halogens is 1. The second-order valence-electron chi connectivity index (χ2n) is 7.68. The van der Waals surface area contributed by atoms with Crippen molar-refractivity contribution in [2.45, 2.75) is 45.6 Å². The minimum atomic E-state index is 0. The number of carbonyl (C=O) groups excluding carboxylic acids is 1. The first-order chi connectivity index (χ1) is 14.2. The number of guanidine groups is 1. The van der Waals surface area contributed by atoms with Crippen molar-refractivity contribution in [2.75, 3.05) is 50.8 Å². The summed E-state index contributed by atoms with van der Waals surface area (Å²) in [7, 11) is 0. The molecule has 1 aromatic rings. The average Bonchev–Trinajstić information content (AvgIpc) is 2.74. The summed E-state index contributed by atoms with van der Waals surface area (Å²) < 4.78 is 5.51. The zero-order chi connectivity index (χ0) is 20.5. The van der Waals surface area contributed by atoms with Gasteiger partial charge < -0.3 is 25.2 Å². The van der Waals surface area contributed by atoms with Crippen molar-refractivity contribution in [3.63, 3.8) is 0 Å². The van der Waals surface area contributed by atoms with Gasteiger partial charge in [-0.2, -0.15) is 0 Å². The molecule has 0 spiro atoms. The van der Waals surface area contributed by atoms with E-state index in [4.69, 9.17) is 9.73 Å². The Bertz CT molecular complexity index is 692. The number of carbonyl (C=O) groups is 1. The summed E-state index contributed by atoms with van der Waals surface area (Å²) in [6.45, 7) is 10.1. The molecule has 2 aliphatic rings. The van der Waals surface area contributed by atoms with Gasteiger partial charge in [-0.1, -0.05) is 19.1 Å². The molecule has 0 saturated carbocycles. The standard InChI is InChI=1S/C22H35N5O2.HI/c1-3-13-26-15-10-18(11-16-26)25-22(23-4-2)24-12-7-14-27-19-8-5-6-9-20(19)29-17-21(27)28;/h5-6,8-9,18H,3-4,7,10-17H2,1-2H3,(H2,23,24,25);1H. The van der Waals surface area contributed by atoms with Crippen molar-refractivity contribution in [3.8, 4) is 5.75 Å². The monoisotopic (exact) mass is 529 g/mol. The van der Waals surface area contributed by atoms with Gasteiger partial charge in [-0.3, -0.25) is 9.79 Å². The molecule has 3 rings (SSSR count). The van der Waals surface area contributed by atoms with Crippen LogP contribution in [-0.2, 0) is 4.79 Å². The van der Waals surface area contributed by atoms with Gasteiger partial charge in [-0.15, -0.1) is 24.0 Å². The van der Waals surface area contributed by atoms with E-state index in [1.54, 1.807) is 0 Å². The van der Waals surface area contributed by atoms with Gasteiger partial charge >= 0.3 is 0 Å². The maximum Gasteiger partial charge on any atom is 0.265 e. The number of amides is 1. The molecule has 2 N–H and O–H groups in total. The SMILES string of the molecule is CCCN1CCC(NC(=NCCCN2C(=O)COc3ccccc32)NCC)CC1.I. The molecule has 168 valence electrons. The van der Waals surface area contributed by atoms with Crippen LogP contribution in [0.4, 0.5) is 5.69 Å². The van der Waals surface area contributed by atoms with Crippen molar-refractivity contribution >= 4 is 41.5 Å². The highest BCUT2D eigenvalue weighted by Gasteiger charge is 2.24. The van der Waals surface area contributed by atoms with Gasteiger partial charge in [0, 0.05) is 38.8 Å². The number of aliphatic imine (C=N–C) groups is 1. The van der Waals surface area contributed by atoms with Gasteiger partial charge in [0.15, 0.2) is 12.6 Å². The van der Waals surface area contributed by atoms with E-state index in [1.807, 2.05) is 29.2 Å². The van der Waals surface area contributed by atoms with Gasteiger partial charge in [0.2, 0.25) is 0 Å². The molecule has 0 aromatic heterocycles. The van der Waals surface area contributed by atoms with Crippen LogP contribution in [0.3, 0.4) is 0 Å². The number of para-hydroxylation sites is 2. The number of ether oxygens (including phenoxy) is 1. The Morgan fingerprint density at radius 3 is 2.70 bits per heavy atom. The molecule has 0 aliphatic carbocycles. The summed E-state index contributed by atoms with van der Waals surface area (Å²) in [6.07, 6.45) is 4.34. The number of fused-ring (bicyclic) bond motifs is 1. The van der Waals surface area contributed by atoms with Gasteiger partial charge in [0.05, 0.1) is 5.69 Å². The molecule has 30 heavy (non-hydrogen) atoms. The molecule has 1 amide bonds. The lowest BCUT2D eigenvalue weighted by Gasteiger charge is -2.32. The number of hydrogen-bond acceptors (Lipinski definition) is 4. The van der Waals surface area contributed by atoms with Gasteiger partial charge in [-0.25, -0.2) is 0 Å². The fourth-order valence-electron chi connectivity index (χ4n) is 3.95. The predicted octanol–water partition coefficient (Wildman–Crippen LogP) is 2.85. The summed E-state index contributed by atoms with van der Waals surface area (Å²) in [5.41, 5.74) is 0.858. The predicted molar refractivity (Wildman–Crippen MR) is 133 cm³/mol. The van der Waals surface area contributed by atoms with Crippen LogP contribution >= 0.6 is 24.0 Å². The van der Waals surface area contributed by atoms with E-state index in [0.29, 0.717) is 19.1 Å². The van der Waals surface area contributed by atoms with Crippen molar-refractivity contribution in [2.24, 2.45) is 4.99 Å². The maximum atomic E-state index is 12.3. The van der Waals surface area contributed by atoms with Crippen LogP contribution in [0.5, 0.6) is 5.75 Å². The van der Waals surface area contributed by atoms with Crippen molar-refractivity contribution in [1.29, 1.82) is 0 Å². The van der Waals surface area contributed by atoms with Crippen LogP contribution in [0.2, 0.25) is 0 Å². The van der Waals surface area contributed by atoms with Crippen LogP contribution in [0.1, 0.15) is 39.5 Å². The third kappa shape index (κ3) is 7.01. The Kier molecular flexibility index (Phi) is 10.7. The summed E-state index contributed by atoms with van der Waals surface area (Å²) in [5.74, 6) is 1.67. The molecule has 0 atom stereocenters. The fourth-order valence-corrected chi connectivity index (χ4v) is 3.95. The number of hydrogen-bond donors (Lipinski definition) is 2. The van der Waals surface area contributed by atoms with Crippen LogP contribution in [-0.4, -0.2) is 68.7 Å². The molecule has 0 bridgehead atoms. The summed E-state index contributed by atoms with van der Waals surface area (Å²) >= 11 is 0. The zero-order valence-corrected chi connectivity index (χ0v) is 20.6. The minimum absolute atomic E-state index is 0. The van der Waals surface area contributed by atoms with Crippen LogP contribution in [0.15, 0.2) is 29.3 Å². The highest BCUT2D eigenvalue weighted by molar-refractivity contribution is 14.0. The molecule has 0 radical (unpaired) electrons. The van der Waals surface area contributed by atoms with Crippen molar-refractivity contribution in [1.82, 2.24) is 15.5 Å². The first kappa shape index (κ1) is 24.7. The zero-order valence-electron chi connectivity index (χ0n) is 18.2. The second kappa shape index (κ2) is 13.0. The first-order valence-corrected chi connectivity index (χ1v) is 11.0. The smallest absolute Gasteiger partial charge is 0.265 e. The lowest BCUT2D eigenvalue weighted by molar-refractivity contribution is -0.121. The quantitative estimate of drug-likeness (QED) is 0.235. The lowest BCUT2D eigenvalue weighted by atomic mass is 10.1. The third-order valence-corrected chi connectivity index (χ3v) is 5.43. The Hall–Kier alpha value is -1.55. The summed E-state index contributed by atoms with van der Waals surface area (Å²) in [6, 6.07) is 8.19. The number of nitrogens with one attached hydrogen (secondary N) is 2. The van der Waals surface area contributed by atoms with E-state index in [-0.39, 0.29) is 36.5 Å². The normalized spacial score (nSPS) is 17.7. The first-order valence-electron chi connectivity index (χ1n) is 11.0. The number of piperidine rings is 1. The van der Waals surface area contributed by atoms with Crippen molar-refractivity contribution < 1.29 is 9.53 Å². The van der Waals surface area contributed by atoms with E-state index in [2.05, 4.69) is 29.4 Å². The molecule has 2 heterocycles. The molecule has 1 fully saturated rings. The number of nitrogens with zero attached hydrogens (tertiary/aromatic N) is 3. The molecular formula is C22H36IN5O2.